The molecule has 0 atom stereocenters. The van der Waals surface area contributed by atoms with E-state index in [1.165, 1.54) is 0 Å². The summed E-state index contributed by atoms with van der Waals surface area (Å²) in [5.41, 5.74) is 6.09. The molecule has 6 heteroatoms. The van der Waals surface area contributed by atoms with Gasteiger partial charge >= 0.3 is 6.03 Å². The molecular weight excluding hydrogens is 254 g/mol. The molecule has 0 unspecified atom stereocenters. The molecule has 0 spiro atoms. The molecule has 0 aromatic heterocycles. The molecule has 1 heterocycles. The van der Waals surface area contributed by atoms with Crippen LogP contribution in [-0.2, 0) is 11.3 Å². The molecule has 3 N–H and O–H groups in total. The molecule has 1 fully saturated rings. The first kappa shape index (κ1) is 12.7. The van der Waals surface area contributed by atoms with Crippen LogP contribution in [0.2, 0.25) is 5.02 Å². The van der Waals surface area contributed by atoms with Gasteiger partial charge in [-0.25, -0.2) is 4.79 Å². The van der Waals surface area contributed by atoms with Gasteiger partial charge in [-0.3, -0.25) is 9.69 Å². The molecule has 0 aliphatic carbocycles. The summed E-state index contributed by atoms with van der Waals surface area (Å²) in [6, 6.07) is 4.56. The van der Waals surface area contributed by atoms with E-state index in [-0.39, 0.29) is 12.5 Å². The first-order valence-electron chi connectivity index (χ1n) is 5.49. The highest BCUT2D eigenvalue weighted by Crippen LogP contribution is 2.23. The predicted octanol–water partition coefficient (Wildman–Crippen LogP) is 1.75. The Morgan fingerprint density at radius 3 is 2.61 bits per heavy atom. The molecule has 1 aliphatic rings. The van der Waals surface area contributed by atoms with E-state index in [1.54, 1.807) is 32.0 Å². The summed E-state index contributed by atoms with van der Waals surface area (Å²) in [4.78, 5) is 24.9. The van der Waals surface area contributed by atoms with E-state index in [2.05, 4.69) is 5.32 Å². The maximum atomic E-state index is 12.0. The number of nitrogens with zero attached hydrogens (tertiary/aromatic N) is 1. The van der Waals surface area contributed by atoms with Crippen molar-refractivity contribution < 1.29 is 9.59 Å². The topological polar surface area (TPSA) is 75.4 Å². The predicted molar refractivity (Wildman–Crippen MR) is 69.0 cm³/mol. The normalized spacial score (nSPS) is 18.1. The highest BCUT2D eigenvalue weighted by atomic mass is 35.5. The van der Waals surface area contributed by atoms with Gasteiger partial charge in [-0.2, -0.15) is 0 Å². The summed E-state index contributed by atoms with van der Waals surface area (Å²) in [6.45, 7) is 3.45. The van der Waals surface area contributed by atoms with Crippen molar-refractivity contribution in [2.24, 2.45) is 0 Å². The van der Waals surface area contributed by atoms with E-state index in [4.69, 9.17) is 17.3 Å². The van der Waals surface area contributed by atoms with E-state index in [0.29, 0.717) is 16.3 Å². The molecule has 0 saturated carbocycles. The molecule has 1 aromatic rings. The summed E-state index contributed by atoms with van der Waals surface area (Å²) >= 11 is 5.87. The van der Waals surface area contributed by atoms with E-state index < -0.39 is 11.6 Å². The summed E-state index contributed by atoms with van der Waals surface area (Å²) in [7, 11) is 0. The molecule has 0 radical (unpaired) electrons. The number of imide groups is 1. The van der Waals surface area contributed by atoms with Gasteiger partial charge in [0.05, 0.1) is 6.54 Å². The van der Waals surface area contributed by atoms with Crippen LogP contribution in [0.4, 0.5) is 10.5 Å². The number of urea groups is 1. The van der Waals surface area contributed by atoms with Crippen molar-refractivity contribution in [1.29, 1.82) is 0 Å². The van der Waals surface area contributed by atoms with Crippen LogP contribution in [0.1, 0.15) is 19.4 Å². The minimum absolute atomic E-state index is 0.125. The highest BCUT2D eigenvalue weighted by Gasteiger charge is 2.44. The van der Waals surface area contributed by atoms with Crippen molar-refractivity contribution >= 4 is 29.2 Å². The van der Waals surface area contributed by atoms with Gasteiger partial charge in [0.15, 0.2) is 0 Å². The number of nitrogens with one attached hydrogen (secondary N) is 1. The zero-order valence-corrected chi connectivity index (χ0v) is 10.9. The molecular formula is C12H14ClN3O2. The summed E-state index contributed by atoms with van der Waals surface area (Å²) in [5.74, 6) is -0.271. The van der Waals surface area contributed by atoms with Crippen LogP contribution in [0.15, 0.2) is 18.2 Å². The largest absolute Gasteiger partial charge is 0.398 e. The smallest absolute Gasteiger partial charge is 0.325 e. The van der Waals surface area contributed by atoms with E-state index in [1.807, 2.05) is 0 Å². The molecule has 0 bridgehead atoms. The minimum atomic E-state index is -0.871. The summed E-state index contributed by atoms with van der Waals surface area (Å²) < 4.78 is 0. The van der Waals surface area contributed by atoms with Gasteiger partial charge in [0.1, 0.15) is 5.54 Å². The van der Waals surface area contributed by atoms with E-state index in [9.17, 15) is 9.59 Å². The van der Waals surface area contributed by atoms with Gasteiger partial charge in [-0.05, 0) is 37.6 Å². The average Bonchev–Trinajstić information content (AvgIpc) is 2.46. The molecule has 1 saturated heterocycles. The first-order chi connectivity index (χ1) is 8.31. The van der Waals surface area contributed by atoms with Gasteiger partial charge in [0, 0.05) is 10.7 Å². The Kier molecular flexibility index (Phi) is 2.94. The van der Waals surface area contributed by atoms with Crippen LogP contribution >= 0.6 is 11.6 Å². The Balaban J connectivity index is 2.27. The second kappa shape index (κ2) is 4.17. The number of hydrogen-bond acceptors (Lipinski definition) is 3. The van der Waals surface area contributed by atoms with Gasteiger partial charge in [0.2, 0.25) is 0 Å². The lowest BCUT2D eigenvalue weighted by atomic mass is 10.1. The Bertz CT molecular complexity index is 528. The zero-order chi connectivity index (χ0) is 13.5. The number of hydrogen-bond donors (Lipinski definition) is 2. The third-order valence-corrected chi connectivity index (χ3v) is 3.11. The number of rotatable bonds is 2. The molecule has 1 aliphatic heterocycles. The fraction of sp³-hybridized carbons (Fsp3) is 0.333. The number of anilines is 1. The first-order valence-corrected chi connectivity index (χ1v) is 5.87. The van der Waals surface area contributed by atoms with E-state index >= 15 is 0 Å². The Hall–Kier alpha value is -1.75. The minimum Gasteiger partial charge on any atom is -0.398 e. The second-order valence-electron chi connectivity index (χ2n) is 4.79. The quantitative estimate of drug-likeness (QED) is 0.633. The summed E-state index contributed by atoms with van der Waals surface area (Å²) in [5, 5.41) is 3.13. The van der Waals surface area contributed by atoms with Crippen LogP contribution in [0.3, 0.4) is 0 Å². The molecule has 3 amide bonds. The molecule has 2 rings (SSSR count). The van der Waals surface area contributed by atoms with Crippen LogP contribution in [0.25, 0.3) is 0 Å². The number of amides is 3. The fourth-order valence-electron chi connectivity index (χ4n) is 1.84. The number of nitrogens with two attached hydrogens (primary N) is 1. The van der Waals surface area contributed by atoms with Gasteiger partial charge in [0.25, 0.3) is 5.91 Å². The van der Waals surface area contributed by atoms with Crippen LogP contribution < -0.4 is 11.1 Å². The van der Waals surface area contributed by atoms with E-state index in [0.717, 1.165) is 4.90 Å². The lowest BCUT2D eigenvalue weighted by molar-refractivity contribution is -0.130. The molecule has 1 aromatic carbocycles. The Morgan fingerprint density at radius 2 is 2.06 bits per heavy atom. The Morgan fingerprint density at radius 1 is 1.39 bits per heavy atom. The van der Waals surface area contributed by atoms with Crippen LogP contribution in [0.5, 0.6) is 0 Å². The Labute approximate surface area is 110 Å². The maximum absolute atomic E-state index is 12.0. The van der Waals surface area contributed by atoms with Crippen molar-refractivity contribution in [1.82, 2.24) is 10.2 Å². The molecule has 96 valence electrons. The SMILES string of the molecule is CC1(C)NC(=O)N(Cc2cc(Cl)ccc2N)C1=O. The average molecular weight is 268 g/mol. The number of carbonyl (C=O) groups is 2. The van der Waals surface area contributed by atoms with Crippen LogP contribution in [0, 0.1) is 0 Å². The number of carbonyl (C=O) groups excluding carboxylic acids is 2. The van der Waals surface area contributed by atoms with Gasteiger partial charge < -0.3 is 11.1 Å². The summed E-state index contributed by atoms with van der Waals surface area (Å²) in [6.07, 6.45) is 0. The second-order valence-corrected chi connectivity index (χ2v) is 5.23. The van der Waals surface area contributed by atoms with Crippen molar-refractivity contribution in [2.75, 3.05) is 5.73 Å². The number of benzene rings is 1. The third kappa shape index (κ3) is 2.13. The lowest BCUT2D eigenvalue weighted by Gasteiger charge is -2.17. The van der Waals surface area contributed by atoms with Crippen molar-refractivity contribution in [3.8, 4) is 0 Å². The third-order valence-electron chi connectivity index (χ3n) is 2.88. The number of nitrogen functional groups attached to an aromatic ring is 1. The lowest BCUT2D eigenvalue weighted by Crippen LogP contribution is -2.40. The standard InChI is InChI=1S/C12H14ClN3O2/c1-12(2)10(17)16(11(18)15-12)6-7-5-8(13)3-4-9(7)14/h3-5H,6,14H2,1-2H3,(H,15,18). The number of halogens is 1. The maximum Gasteiger partial charge on any atom is 0.325 e. The molecule has 5 nitrogen and oxygen atoms in total. The molecule has 18 heavy (non-hydrogen) atoms. The van der Waals surface area contributed by atoms with Crippen molar-refractivity contribution in [3.05, 3.63) is 28.8 Å². The zero-order valence-electron chi connectivity index (χ0n) is 10.2. The van der Waals surface area contributed by atoms with Gasteiger partial charge in [-0.15, -0.1) is 0 Å². The fourth-order valence-corrected chi connectivity index (χ4v) is 2.04. The monoisotopic (exact) mass is 267 g/mol. The van der Waals surface area contributed by atoms with Crippen molar-refractivity contribution in [3.63, 3.8) is 0 Å². The van der Waals surface area contributed by atoms with Crippen molar-refractivity contribution in [2.45, 2.75) is 25.9 Å². The van der Waals surface area contributed by atoms with Crippen LogP contribution in [-0.4, -0.2) is 22.4 Å². The highest BCUT2D eigenvalue weighted by molar-refractivity contribution is 6.30. The van der Waals surface area contributed by atoms with Gasteiger partial charge in [-0.1, -0.05) is 11.6 Å².